The van der Waals surface area contributed by atoms with Crippen molar-refractivity contribution in [3.05, 3.63) is 46.7 Å². The SMILES string of the molecule is Nc1cncc(Br)c1Oc1cccc(CO)c1. The Kier molecular flexibility index (Phi) is 3.61. The molecular formula is C12H11BrN2O2. The second-order valence-corrected chi connectivity index (χ2v) is 4.30. The fourth-order valence-electron chi connectivity index (χ4n) is 1.37. The summed E-state index contributed by atoms with van der Waals surface area (Å²) in [6.45, 7) is -0.0236. The molecule has 0 radical (unpaired) electrons. The highest BCUT2D eigenvalue weighted by Gasteiger charge is 2.07. The summed E-state index contributed by atoms with van der Waals surface area (Å²) in [5.74, 6) is 1.14. The van der Waals surface area contributed by atoms with Gasteiger partial charge in [-0.25, -0.2) is 0 Å². The van der Waals surface area contributed by atoms with E-state index in [1.165, 1.54) is 6.20 Å². The third kappa shape index (κ3) is 2.75. The maximum Gasteiger partial charge on any atom is 0.167 e. The number of anilines is 1. The van der Waals surface area contributed by atoms with Gasteiger partial charge in [-0.2, -0.15) is 0 Å². The predicted molar refractivity (Wildman–Crippen MR) is 68.8 cm³/mol. The van der Waals surface area contributed by atoms with Crippen molar-refractivity contribution in [1.29, 1.82) is 0 Å². The van der Waals surface area contributed by atoms with Crippen LogP contribution in [0.15, 0.2) is 41.1 Å². The number of rotatable bonds is 3. The third-order valence-electron chi connectivity index (χ3n) is 2.18. The summed E-state index contributed by atoms with van der Waals surface area (Å²) in [6.07, 6.45) is 3.14. The number of nitrogen functional groups attached to an aromatic ring is 1. The van der Waals surface area contributed by atoms with Crippen LogP contribution in [-0.4, -0.2) is 10.1 Å². The lowest BCUT2D eigenvalue weighted by atomic mass is 10.2. The van der Waals surface area contributed by atoms with Crippen LogP contribution in [0.2, 0.25) is 0 Å². The number of hydrogen-bond donors (Lipinski definition) is 2. The summed E-state index contributed by atoms with van der Waals surface area (Å²) in [7, 11) is 0. The molecule has 0 atom stereocenters. The monoisotopic (exact) mass is 294 g/mol. The van der Waals surface area contributed by atoms with E-state index in [0.717, 1.165) is 5.56 Å². The summed E-state index contributed by atoms with van der Waals surface area (Å²) in [5.41, 5.74) is 7.01. The van der Waals surface area contributed by atoms with Crippen molar-refractivity contribution in [2.45, 2.75) is 6.61 Å². The lowest BCUT2D eigenvalue weighted by Gasteiger charge is -2.10. The summed E-state index contributed by atoms with van der Waals surface area (Å²) < 4.78 is 6.35. The molecule has 0 saturated carbocycles. The van der Waals surface area contributed by atoms with Gasteiger partial charge in [0.05, 0.1) is 23.0 Å². The molecule has 0 bridgehead atoms. The molecule has 1 heterocycles. The summed E-state index contributed by atoms with van der Waals surface area (Å²) in [5, 5.41) is 9.04. The minimum absolute atomic E-state index is 0.0236. The third-order valence-corrected chi connectivity index (χ3v) is 2.75. The molecular weight excluding hydrogens is 284 g/mol. The number of ether oxygens (including phenoxy) is 1. The average Bonchev–Trinajstić information content (AvgIpc) is 2.34. The zero-order valence-corrected chi connectivity index (χ0v) is 10.5. The molecule has 4 nitrogen and oxygen atoms in total. The van der Waals surface area contributed by atoms with E-state index < -0.39 is 0 Å². The number of pyridine rings is 1. The van der Waals surface area contributed by atoms with Gasteiger partial charge in [-0.15, -0.1) is 0 Å². The first-order chi connectivity index (χ1) is 8.20. The molecule has 0 aliphatic carbocycles. The van der Waals surface area contributed by atoms with Crippen LogP contribution in [0.3, 0.4) is 0 Å². The Morgan fingerprint density at radius 1 is 1.35 bits per heavy atom. The van der Waals surface area contributed by atoms with E-state index >= 15 is 0 Å². The predicted octanol–water partition coefficient (Wildman–Crippen LogP) is 2.71. The quantitative estimate of drug-likeness (QED) is 0.913. The maximum atomic E-state index is 9.04. The van der Waals surface area contributed by atoms with Crippen LogP contribution < -0.4 is 10.5 Å². The molecule has 3 N–H and O–H groups in total. The Labute approximate surface area is 107 Å². The molecule has 1 aromatic carbocycles. The van der Waals surface area contributed by atoms with Gasteiger partial charge >= 0.3 is 0 Å². The topological polar surface area (TPSA) is 68.4 Å². The lowest BCUT2D eigenvalue weighted by molar-refractivity contribution is 0.281. The molecule has 0 amide bonds. The first kappa shape index (κ1) is 11.9. The van der Waals surface area contributed by atoms with E-state index in [9.17, 15) is 0 Å². The lowest BCUT2D eigenvalue weighted by Crippen LogP contribution is -1.94. The summed E-state index contributed by atoms with van der Waals surface area (Å²) in [6, 6.07) is 7.18. The van der Waals surface area contributed by atoms with E-state index in [2.05, 4.69) is 20.9 Å². The van der Waals surface area contributed by atoms with Gasteiger partial charge in [0.2, 0.25) is 0 Å². The Morgan fingerprint density at radius 3 is 2.88 bits per heavy atom. The van der Waals surface area contributed by atoms with Crippen molar-refractivity contribution in [2.24, 2.45) is 0 Å². The van der Waals surface area contributed by atoms with Crippen molar-refractivity contribution in [3.63, 3.8) is 0 Å². The second kappa shape index (κ2) is 5.16. The van der Waals surface area contributed by atoms with E-state index in [1.807, 2.05) is 12.1 Å². The van der Waals surface area contributed by atoms with Crippen LogP contribution in [0.4, 0.5) is 5.69 Å². The molecule has 88 valence electrons. The van der Waals surface area contributed by atoms with Crippen molar-refractivity contribution < 1.29 is 9.84 Å². The molecule has 0 fully saturated rings. The highest BCUT2D eigenvalue weighted by molar-refractivity contribution is 9.10. The Balaban J connectivity index is 2.31. The van der Waals surface area contributed by atoms with E-state index in [4.69, 9.17) is 15.6 Å². The van der Waals surface area contributed by atoms with Crippen molar-refractivity contribution in [1.82, 2.24) is 4.98 Å². The Bertz CT molecular complexity index is 511. The number of aliphatic hydroxyl groups excluding tert-OH is 1. The zero-order chi connectivity index (χ0) is 12.3. The number of aliphatic hydroxyl groups is 1. The molecule has 0 saturated heterocycles. The highest BCUT2D eigenvalue weighted by Crippen LogP contribution is 2.34. The van der Waals surface area contributed by atoms with Gasteiger partial charge in [0, 0.05) is 6.20 Å². The molecule has 0 aliphatic heterocycles. The second-order valence-electron chi connectivity index (χ2n) is 3.45. The number of hydrogen-bond acceptors (Lipinski definition) is 4. The van der Waals surface area contributed by atoms with Gasteiger partial charge in [-0.1, -0.05) is 12.1 Å². The van der Waals surface area contributed by atoms with Crippen LogP contribution >= 0.6 is 15.9 Å². The molecule has 0 unspecified atom stereocenters. The fraction of sp³-hybridized carbons (Fsp3) is 0.0833. The van der Waals surface area contributed by atoms with Gasteiger partial charge in [0.25, 0.3) is 0 Å². The average molecular weight is 295 g/mol. The van der Waals surface area contributed by atoms with Gasteiger partial charge in [-0.05, 0) is 33.6 Å². The largest absolute Gasteiger partial charge is 0.454 e. The fourth-order valence-corrected chi connectivity index (χ4v) is 1.80. The van der Waals surface area contributed by atoms with E-state index in [1.54, 1.807) is 18.3 Å². The van der Waals surface area contributed by atoms with Crippen LogP contribution in [-0.2, 0) is 6.61 Å². The molecule has 5 heteroatoms. The summed E-state index contributed by atoms with van der Waals surface area (Å²) in [4.78, 5) is 3.93. The van der Waals surface area contributed by atoms with Crippen LogP contribution in [0.5, 0.6) is 11.5 Å². The van der Waals surface area contributed by atoms with Crippen molar-refractivity contribution >= 4 is 21.6 Å². The first-order valence-corrected chi connectivity index (χ1v) is 5.76. The van der Waals surface area contributed by atoms with Gasteiger partial charge in [0.1, 0.15) is 5.75 Å². The maximum absolute atomic E-state index is 9.04. The first-order valence-electron chi connectivity index (χ1n) is 4.97. The molecule has 2 rings (SSSR count). The van der Waals surface area contributed by atoms with Crippen molar-refractivity contribution in [3.8, 4) is 11.5 Å². The Morgan fingerprint density at radius 2 is 2.18 bits per heavy atom. The normalized spacial score (nSPS) is 10.2. The standard InChI is InChI=1S/C12H11BrN2O2/c13-10-5-15-6-11(14)12(10)17-9-3-1-2-8(4-9)7-16/h1-6,16H,7,14H2. The molecule has 2 aromatic rings. The van der Waals surface area contributed by atoms with Gasteiger partial charge < -0.3 is 15.6 Å². The van der Waals surface area contributed by atoms with Gasteiger partial charge in [0.15, 0.2) is 5.75 Å². The van der Waals surface area contributed by atoms with E-state index in [0.29, 0.717) is 21.7 Å². The smallest absolute Gasteiger partial charge is 0.167 e. The van der Waals surface area contributed by atoms with E-state index in [-0.39, 0.29) is 6.61 Å². The number of aromatic nitrogens is 1. The zero-order valence-electron chi connectivity index (χ0n) is 8.93. The molecule has 0 aliphatic rings. The van der Waals surface area contributed by atoms with Crippen molar-refractivity contribution in [2.75, 3.05) is 5.73 Å². The number of halogens is 1. The van der Waals surface area contributed by atoms with Crippen LogP contribution in [0.25, 0.3) is 0 Å². The minimum atomic E-state index is -0.0236. The highest BCUT2D eigenvalue weighted by atomic mass is 79.9. The van der Waals surface area contributed by atoms with Crippen LogP contribution in [0.1, 0.15) is 5.56 Å². The van der Waals surface area contributed by atoms with Gasteiger partial charge in [-0.3, -0.25) is 4.98 Å². The Hall–Kier alpha value is -1.59. The minimum Gasteiger partial charge on any atom is -0.454 e. The number of benzene rings is 1. The number of nitrogens with two attached hydrogens (primary N) is 1. The molecule has 1 aromatic heterocycles. The summed E-state index contributed by atoms with van der Waals surface area (Å²) >= 11 is 3.32. The number of nitrogens with zero attached hydrogens (tertiary/aromatic N) is 1. The molecule has 17 heavy (non-hydrogen) atoms. The molecule has 0 spiro atoms. The van der Waals surface area contributed by atoms with Crippen LogP contribution in [0, 0.1) is 0 Å².